The number of ether oxygens (including phenoxy) is 1. The van der Waals surface area contributed by atoms with Crippen molar-refractivity contribution in [2.24, 2.45) is 46.3 Å². The molecule has 0 aromatic rings. The van der Waals surface area contributed by atoms with Crippen LogP contribution < -0.4 is 0 Å². The molecule has 0 amide bonds. The van der Waals surface area contributed by atoms with Crippen molar-refractivity contribution in [1.29, 1.82) is 0 Å². The number of hydrogen-bond donors (Lipinski definition) is 0. The van der Waals surface area contributed by atoms with E-state index in [2.05, 4.69) is 46.4 Å². The van der Waals surface area contributed by atoms with Gasteiger partial charge in [-0.25, -0.2) is 0 Å². The molecule has 3 saturated carbocycles. The summed E-state index contributed by atoms with van der Waals surface area (Å²) in [6.07, 6.45) is 17.9. The Kier molecular flexibility index (Phi) is 6.50. The Labute approximate surface area is 191 Å². The quantitative estimate of drug-likeness (QED) is 0.321. The van der Waals surface area contributed by atoms with Gasteiger partial charge in [0.2, 0.25) is 0 Å². The summed E-state index contributed by atoms with van der Waals surface area (Å²) in [6.45, 7) is 16.0. The Morgan fingerprint density at radius 2 is 1.77 bits per heavy atom. The van der Waals surface area contributed by atoms with Crippen LogP contribution in [-0.4, -0.2) is 12.1 Å². The smallest absolute Gasteiger partial charge is 0.302 e. The fourth-order valence-electron chi connectivity index (χ4n) is 8.51. The minimum atomic E-state index is -0.120. The van der Waals surface area contributed by atoms with Crippen LogP contribution >= 0.6 is 0 Å². The molecule has 0 bridgehead atoms. The molecule has 0 heterocycles. The molecule has 3 fully saturated rings. The van der Waals surface area contributed by atoms with E-state index in [9.17, 15) is 4.79 Å². The van der Waals surface area contributed by atoms with Gasteiger partial charge in [0.15, 0.2) is 0 Å². The molecule has 0 N–H and O–H groups in total. The van der Waals surface area contributed by atoms with Crippen molar-refractivity contribution >= 4 is 5.97 Å². The number of hydrogen-bond acceptors (Lipinski definition) is 2. The zero-order valence-corrected chi connectivity index (χ0v) is 20.8. The first-order valence-corrected chi connectivity index (χ1v) is 13.2. The number of fused-ring (bicyclic) bond motifs is 5. The van der Waals surface area contributed by atoms with E-state index in [1.165, 1.54) is 51.4 Å². The summed E-state index contributed by atoms with van der Waals surface area (Å²) in [5, 5.41) is 0. The first kappa shape index (κ1) is 23.1. The molecule has 0 aromatic heterocycles. The summed E-state index contributed by atoms with van der Waals surface area (Å²) in [5.41, 5.74) is 2.37. The zero-order chi connectivity index (χ0) is 22.4. The number of allylic oxidation sites excluding steroid dienone is 3. The molecular weight excluding hydrogens is 380 g/mol. The maximum Gasteiger partial charge on any atom is 0.302 e. The third-order valence-corrected chi connectivity index (χ3v) is 10.2. The Balaban J connectivity index is 1.47. The lowest BCUT2D eigenvalue weighted by molar-refractivity contribution is -0.152. The highest BCUT2D eigenvalue weighted by Crippen LogP contribution is 2.67. The Morgan fingerprint density at radius 1 is 1.06 bits per heavy atom. The number of carbonyl (C=O) groups is 1. The van der Waals surface area contributed by atoms with Gasteiger partial charge < -0.3 is 4.74 Å². The predicted molar refractivity (Wildman–Crippen MR) is 129 cm³/mol. The summed E-state index contributed by atoms with van der Waals surface area (Å²) >= 11 is 0. The van der Waals surface area contributed by atoms with Crippen molar-refractivity contribution in [2.75, 3.05) is 0 Å². The van der Waals surface area contributed by atoms with E-state index in [1.54, 1.807) is 12.5 Å². The second-order valence-electron chi connectivity index (χ2n) is 12.4. The number of carbonyl (C=O) groups excluding carboxylic acids is 1. The highest BCUT2D eigenvalue weighted by molar-refractivity contribution is 5.66. The minimum Gasteiger partial charge on any atom is -0.463 e. The number of esters is 1. The fraction of sp³-hybridized carbons (Fsp3) is 0.828. The van der Waals surface area contributed by atoms with E-state index in [0.29, 0.717) is 16.7 Å². The molecule has 2 nitrogen and oxygen atoms in total. The van der Waals surface area contributed by atoms with E-state index in [4.69, 9.17) is 4.74 Å². The molecule has 4 aliphatic carbocycles. The van der Waals surface area contributed by atoms with Gasteiger partial charge in [-0.3, -0.25) is 4.79 Å². The molecule has 0 aliphatic heterocycles. The Morgan fingerprint density at radius 3 is 2.48 bits per heavy atom. The fourth-order valence-corrected chi connectivity index (χ4v) is 8.51. The van der Waals surface area contributed by atoms with Gasteiger partial charge in [-0.2, -0.15) is 0 Å². The third-order valence-electron chi connectivity index (χ3n) is 10.2. The van der Waals surface area contributed by atoms with Crippen LogP contribution in [0, 0.1) is 46.3 Å². The normalized spacial score (nSPS) is 43.8. The van der Waals surface area contributed by atoms with Crippen molar-refractivity contribution in [3.8, 4) is 0 Å². The third kappa shape index (κ3) is 4.18. The monoisotopic (exact) mass is 426 g/mol. The van der Waals surface area contributed by atoms with E-state index >= 15 is 0 Å². The van der Waals surface area contributed by atoms with Crippen LogP contribution in [0.5, 0.6) is 0 Å². The molecule has 31 heavy (non-hydrogen) atoms. The van der Waals surface area contributed by atoms with Crippen LogP contribution in [0.3, 0.4) is 0 Å². The van der Waals surface area contributed by atoms with E-state index in [-0.39, 0.29) is 12.1 Å². The molecule has 2 heteroatoms. The molecule has 0 saturated heterocycles. The molecule has 0 spiro atoms. The lowest BCUT2D eigenvalue weighted by Crippen LogP contribution is -2.52. The minimum absolute atomic E-state index is 0.120. The number of rotatable bonds is 6. The van der Waals surface area contributed by atoms with Crippen LogP contribution in [0.1, 0.15) is 98.8 Å². The Hall–Kier alpha value is -1.05. The predicted octanol–water partition coefficient (Wildman–Crippen LogP) is 7.74. The SMILES string of the molecule is C=C(CCCC(C)C)C1CCC2C3C=CC4CC(OC(C)=O)CC[C@]4(C)C3CC[C@]12C. The largest absolute Gasteiger partial charge is 0.463 e. The van der Waals surface area contributed by atoms with E-state index < -0.39 is 0 Å². The first-order chi connectivity index (χ1) is 14.6. The lowest BCUT2D eigenvalue weighted by atomic mass is 9.46. The average Bonchev–Trinajstić information content (AvgIpc) is 3.05. The summed E-state index contributed by atoms with van der Waals surface area (Å²) in [4.78, 5) is 11.5. The van der Waals surface area contributed by atoms with Crippen molar-refractivity contribution < 1.29 is 9.53 Å². The second-order valence-corrected chi connectivity index (χ2v) is 12.4. The van der Waals surface area contributed by atoms with Gasteiger partial charge in [-0.1, -0.05) is 58.4 Å². The van der Waals surface area contributed by atoms with Crippen LogP contribution in [0.4, 0.5) is 0 Å². The maximum absolute atomic E-state index is 11.5. The van der Waals surface area contributed by atoms with Crippen molar-refractivity contribution in [3.63, 3.8) is 0 Å². The zero-order valence-electron chi connectivity index (χ0n) is 20.8. The topological polar surface area (TPSA) is 26.3 Å². The Bertz CT molecular complexity index is 720. The average molecular weight is 427 g/mol. The summed E-state index contributed by atoms with van der Waals surface area (Å²) in [7, 11) is 0. The molecule has 0 radical (unpaired) electrons. The molecule has 8 atom stereocenters. The molecule has 174 valence electrons. The van der Waals surface area contributed by atoms with Gasteiger partial charge in [0.25, 0.3) is 0 Å². The van der Waals surface area contributed by atoms with Gasteiger partial charge >= 0.3 is 5.97 Å². The van der Waals surface area contributed by atoms with Crippen LogP contribution in [-0.2, 0) is 9.53 Å². The van der Waals surface area contributed by atoms with Gasteiger partial charge in [0, 0.05) is 6.92 Å². The molecule has 4 rings (SSSR count). The van der Waals surface area contributed by atoms with Crippen LogP contribution in [0.2, 0.25) is 0 Å². The standard InChI is InChI=1S/C29H46O2/c1-19(2)8-7-9-20(3)25-12-13-26-24-11-10-22-18-23(31-21(4)30)14-16-28(22,5)27(24)15-17-29(25,26)6/h10-11,19,22-27H,3,7-9,12-18H2,1-2,4-6H3/t22?,23?,24?,25?,26?,27?,28-,29+/m0/s1. The second kappa shape index (κ2) is 8.71. The molecular formula is C29H46O2. The van der Waals surface area contributed by atoms with Gasteiger partial charge in [0.1, 0.15) is 6.10 Å². The van der Waals surface area contributed by atoms with Gasteiger partial charge in [0.05, 0.1) is 0 Å². The molecule has 4 aliphatic rings. The summed E-state index contributed by atoms with van der Waals surface area (Å²) in [5.74, 6) is 4.32. The van der Waals surface area contributed by atoms with Crippen molar-refractivity contribution in [2.45, 2.75) is 105 Å². The van der Waals surface area contributed by atoms with E-state index in [1.807, 2.05) is 0 Å². The first-order valence-electron chi connectivity index (χ1n) is 13.2. The molecule has 6 unspecified atom stereocenters. The summed E-state index contributed by atoms with van der Waals surface area (Å²) in [6, 6.07) is 0. The summed E-state index contributed by atoms with van der Waals surface area (Å²) < 4.78 is 5.61. The maximum atomic E-state index is 11.5. The van der Waals surface area contributed by atoms with Crippen LogP contribution in [0.25, 0.3) is 0 Å². The van der Waals surface area contributed by atoms with Gasteiger partial charge in [-0.15, -0.1) is 0 Å². The highest BCUT2D eigenvalue weighted by atomic mass is 16.5. The van der Waals surface area contributed by atoms with Crippen LogP contribution in [0.15, 0.2) is 24.3 Å². The van der Waals surface area contributed by atoms with E-state index in [0.717, 1.165) is 42.4 Å². The van der Waals surface area contributed by atoms with Gasteiger partial charge in [-0.05, 0) is 104 Å². The van der Waals surface area contributed by atoms with Crippen molar-refractivity contribution in [1.82, 2.24) is 0 Å². The highest BCUT2D eigenvalue weighted by Gasteiger charge is 2.59. The van der Waals surface area contributed by atoms with Crippen molar-refractivity contribution in [3.05, 3.63) is 24.3 Å². The lowest BCUT2D eigenvalue weighted by Gasteiger charge is -2.59. The molecule has 0 aromatic carbocycles.